The van der Waals surface area contributed by atoms with Crippen molar-refractivity contribution >= 4 is 6.09 Å². The van der Waals surface area contributed by atoms with Gasteiger partial charge in [-0.15, -0.1) is 0 Å². The lowest BCUT2D eigenvalue weighted by atomic mass is 10.9. The molecule has 0 spiro atoms. The summed E-state index contributed by atoms with van der Waals surface area (Å²) < 4.78 is 4.17. The Morgan fingerprint density at radius 1 is 2.00 bits per heavy atom. The van der Waals surface area contributed by atoms with E-state index in [-0.39, 0.29) is 0 Å². The molecule has 0 aromatic carbocycles. The molecular formula is C4H7NO2. The normalized spacial score (nSPS) is 7.00. The Labute approximate surface area is 42.0 Å². The van der Waals surface area contributed by atoms with Crippen LogP contribution in [0.4, 0.5) is 4.79 Å². The average Bonchev–Trinajstić information content (AvgIpc) is 1.68. The number of alkyl carbamates (subject to hydrolysis) is 1. The maximum atomic E-state index is 10.0. The molecule has 0 saturated heterocycles. The van der Waals surface area contributed by atoms with E-state index in [2.05, 4.69) is 16.6 Å². The second-order valence-electron chi connectivity index (χ2n) is 0.840. The SMILES string of the molecule is C=CNC(=O)OC. The number of amides is 1. The van der Waals surface area contributed by atoms with Gasteiger partial charge in [-0.1, -0.05) is 6.58 Å². The zero-order valence-electron chi connectivity index (χ0n) is 4.10. The number of carbonyl (C=O) groups excluding carboxylic acids is 1. The van der Waals surface area contributed by atoms with E-state index in [0.717, 1.165) is 0 Å². The molecule has 40 valence electrons. The van der Waals surface area contributed by atoms with Crippen molar-refractivity contribution in [2.45, 2.75) is 0 Å². The third-order valence-electron chi connectivity index (χ3n) is 0.405. The monoisotopic (exact) mass is 101 g/mol. The Bertz CT molecular complexity index is 79.8. The summed E-state index contributed by atoms with van der Waals surface area (Å²) in [6, 6.07) is 0. The Kier molecular flexibility index (Phi) is 2.76. The fourth-order valence-corrected chi connectivity index (χ4v) is 0.142. The lowest BCUT2D eigenvalue weighted by molar-refractivity contribution is 0.175. The molecule has 0 aliphatic carbocycles. The number of methoxy groups -OCH3 is 1. The summed E-state index contributed by atoms with van der Waals surface area (Å²) in [5.41, 5.74) is 0. The van der Waals surface area contributed by atoms with Gasteiger partial charge >= 0.3 is 6.09 Å². The first-order valence-electron chi connectivity index (χ1n) is 1.76. The van der Waals surface area contributed by atoms with Crippen LogP contribution in [0.5, 0.6) is 0 Å². The van der Waals surface area contributed by atoms with Crippen molar-refractivity contribution in [1.29, 1.82) is 0 Å². The van der Waals surface area contributed by atoms with Gasteiger partial charge in [-0.2, -0.15) is 0 Å². The van der Waals surface area contributed by atoms with E-state index in [0.29, 0.717) is 0 Å². The Morgan fingerprint density at radius 3 is 2.71 bits per heavy atom. The first kappa shape index (κ1) is 6.01. The first-order chi connectivity index (χ1) is 3.31. The Hall–Kier alpha value is -0.990. The van der Waals surface area contributed by atoms with Crippen LogP contribution in [0.15, 0.2) is 12.8 Å². The van der Waals surface area contributed by atoms with Crippen molar-refractivity contribution in [2.24, 2.45) is 0 Å². The molecule has 0 aliphatic rings. The highest BCUT2D eigenvalue weighted by Gasteiger charge is 1.87. The van der Waals surface area contributed by atoms with Crippen molar-refractivity contribution < 1.29 is 9.53 Å². The summed E-state index contributed by atoms with van der Waals surface area (Å²) in [6.07, 6.45) is 0.765. The number of nitrogens with one attached hydrogen (secondary N) is 1. The van der Waals surface area contributed by atoms with E-state index in [1.165, 1.54) is 13.3 Å². The molecule has 0 saturated carbocycles. The van der Waals surface area contributed by atoms with E-state index in [1.807, 2.05) is 0 Å². The molecule has 0 radical (unpaired) electrons. The molecule has 3 nitrogen and oxygen atoms in total. The molecule has 1 N–H and O–H groups in total. The number of carbonyl (C=O) groups is 1. The third kappa shape index (κ3) is 2.82. The minimum Gasteiger partial charge on any atom is -0.453 e. The molecule has 0 aromatic heterocycles. The summed E-state index contributed by atoms with van der Waals surface area (Å²) in [4.78, 5) is 10.0. The van der Waals surface area contributed by atoms with Gasteiger partial charge in [-0.25, -0.2) is 4.79 Å². The number of ether oxygens (including phenoxy) is 1. The fourth-order valence-electron chi connectivity index (χ4n) is 0.142. The molecule has 7 heavy (non-hydrogen) atoms. The van der Waals surface area contributed by atoms with Crippen LogP contribution in [0.25, 0.3) is 0 Å². The van der Waals surface area contributed by atoms with Crippen LogP contribution in [0.3, 0.4) is 0 Å². The quantitative estimate of drug-likeness (QED) is 0.522. The third-order valence-corrected chi connectivity index (χ3v) is 0.405. The van der Waals surface area contributed by atoms with Crippen molar-refractivity contribution in [2.75, 3.05) is 7.11 Å². The van der Waals surface area contributed by atoms with Crippen LogP contribution in [-0.4, -0.2) is 13.2 Å². The highest BCUT2D eigenvalue weighted by Crippen LogP contribution is 1.66. The van der Waals surface area contributed by atoms with Crippen molar-refractivity contribution in [3.05, 3.63) is 12.8 Å². The van der Waals surface area contributed by atoms with Gasteiger partial charge in [0.05, 0.1) is 7.11 Å². The predicted octanol–water partition coefficient (Wildman–Crippen LogP) is 0.486. The summed E-state index contributed by atoms with van der Waals surface area (Å²) in [6.45, 7) is 3.24. The number of hydrogen-bond acceptors (Lipinski definition) is 2. The fraction of sp³-hybridized carbons (Fsp3) is 0.250. The second kappa shape index (κ2) is 3.21. The van der Waals surface area contributed by atoms with E-state index in [4.69, 9.17) is 0 Å². The standard InChI is InChI=1S/C4H7NO2/c1-3-5-4(6)7-2/h3H,1H2,2H3,(H,5,6). The number of hydrogen-bond donors (Lipinski definition) is 1. The molecule has 1 amide bonds. The van der Waals surface area contributed by atoms with Gasteiger partial charge in [0.1, 0.15) is 0 Å². The van der Waals surface area contributed by atoms with E-state index >= 15 is 0 Å². The van der Waals surface area contributed by atoms with Gasteiger partial charge in [-0.3, -0.25) is 5.32 Å². The maximum absolute atomic E-state index is 10.0. The first-order valence-corrected chi connectivity index (χ1v) is 1.76. The second-order valence-corrected chi connectivity index (χ2v) is 0.840. The van der Waals surface area contributed by atoms with Crippen LogP contribution < -0.4 is 5.32 Å². The van der Waals surface area contributed by atoms with Crippen LogP contribution in [-0.2, 0) is 4.74 Å². The molecule has 0 fully saturated rings. The highest BCUT2D eigenvalue weighted by molar-refractivity contribution is 5.67. The molecule has 0 atom stereocenters. The van der Waals surface area contributed by atoms with Gasteiger partial charge in [-0.05, 0) is 6.20 Å². The molecule has 0 aliphatic heterocycles. The van der Waals surface area contributed by atoms with Crippen molar-refractivity contribution in [1.82, 2.24) is 5.32 Å². The molecule has 0 unspecified atom stereocenters. The van der Waals surface area contributed by atoms with Gasteiger partial charge in [0.2, 0.25) is 0 Å². The van der Waals surface area contributed by atoms with E-state index < -0.39 is 6.09 Å². The number of rotatable bonds is 1. The average molecular weight is 101 g/mol. The molecule has 0 aromatic rings. The van der Waals surface area contributed by atoms with Crippen LogP contribution in [0.2, 0.25) is 0 Å². The smallest absolute Gasteiger partial charge is 0.410 e. The van der Waals surface area contributed by atoms with Gasteiger partial charge in [0, 0.05) is 0 Å². The Morgan fingerprint density at radius 2 is 2.57 bits per heavy atom. The zero-order chi connectivity index (χ0) is 5.70. The van der Waals surface area contributed by atoms with Gasteiger partial charge < -0.3 is 4.74 Å². The van der Waals surface area contributed by atoms with Crippen LogP contribution >= 0.6 is 0 Å². The minimum atomic E-state index is -0.491. The topological polar surface area (TPSA) is 38.3 Å². The van der Waals surface area contributed by atoms with Crippen LogP contribution in [0.1, 0.15) is 0 Å². The highest BCUT2D eigenvalue weighted by atomic mass is 16.5. The largest absolute Gasteiger partial charge is 0.453 e. The zero-order valence-corrected chi connectivity index (χ0v) is 4.10. The summed E-state index contributed by atoms with van der Waals surface area (Å²) >= 11 is 0. The predicted molar refractivity (Wildman–Crippen MR) is 25.7 cm³/mol. The van der Waals surface area contributed by atoms with E-state index in [9.17, 15) is 4.79 Å². The van der Waals surface area contributed by atoms with Gasteiger partial charge in [0.15, 0.2) is 0 Å². The minimum absolute atomic E-state index is 0.491. The van der Waals surface area contributed by atoms with Gasteiger partial charge in [0.25, 0.3) is 0 Å². The lowest BCUT2D eigenvalue weighted by Crippen LogP contribution is -2.15. The maximum Gasteiger partial charge on any atom is 0.410 e. The van der Waals surface area contributed by atoms with E-state index in [1.54, 1.807) is 0 Å². The molecular weight excluding hydrogens is 94.0 g/mol. The van der Waals surface area contributed by atoms with Crippen LogP contribution in [0, 0.1) is 0 Å². The molecule has 0 rings (SSSR count). The lowest BCUT2D eigenvalue weighted by Gasteiger charge is -1.91. The van der Waals surface area contributed by atoms with Crippen molar-refractivity contribution in [3.8, 4) is 0 Å². The Balaban J connectivity index is 3.17. The summed E-state index contributed by atoms with van der Waals surface area (Å²) in [7, 11) is 1.29. The summed E-state index contributed by atoms with van der Waals surface area (Å²) in [5, 5.41) is 2.20. The molecule has 0 bridgehead atoms. The molecule has 0 heterocycles. The van der Waals surface area contributed by atoms with Crippen molar-refractivity contribution in [3.63, 3.8) is 0 Å². The summed E-state index contributed by atoms with van der Waals surface area (Å²) in [5.74, 6) is 0. The molecule has 3 heteroatoms.